The van der Waals surface area contributed by atoms with Crippen molar-refractivity contribution in [3.05, 3.63) is 93.9 Å². The van der Waals surface area contributed by atoms with Gasteiger partial charge in [0.25, 0.3) is 0 Å². The Kier molecular flexibility index (Phi) is 10.3. The van der Waals surface area contributed by atoms with E-state index in [1.165, 1.54) is 0 Å². The van der Waals surface area contributed by atoms with Gasteiger partial charge in [0.1, 0.15) is 0 Å². The minimum absolute atomic E-state index is 0.375. The van der Waals surface area contributed by atoms with Crippen LogP contribution in [0, 0.1) is 0 Å². The number of hydrogen-bond donors (Lipinski definition) is 3. The predicted molar refractivity (Wildman–Crippen MR) is 161 cm³/mol. The van der Waals surface area contributed by atoms with Crippen LogP contribution in [0.2, 0.25) is 0 Å². The van der Waals surface area contributed by atoms with E-state index in [1.807, 2.05) is 48.5 Å². The zero-order chi connectivity index (χ0) is 29.9. The van der Waals surface area contributed by atoms with Crippen LogP contribution in [0.5, 0.6) is 0 Å². The van der Waals surface area contributed by atoms with Crippen molar-refractivity contribution in [1.29, 1.82) is 0 Å². The summed E-state index contributed by atoms with van der Waals surface area (Å²) in [4.78, 5) is 1.59. The minimum atomic E-state index is -4.67. The number of halogens is 2. The first-order valence-corrected chi connectivity index (χ1v) is 17.0. The first-order valence-electron chi connectivity index (χ1n) is 10.6. The first-order chi connectivity index (χ1) is 18.6. The third-order valence-electron chi connectivity index (χ3n) is 5.40. The predicted octanol–water partition coefficient (Wildman–Crippen LogP) is 6.06. The Morgan fingerprint density at radius 3 is 1.25 bits per heavy atom. The number of sulfone groups is 2. The molecule has 0 atom stereocenters. The summed E-state index contributed by atoms with van der Waals surface area (Å²) in [5.41, 5.74) is 3.17. The van der Waals surface area contributed by atoms with E-state index in [0.717, 1.165) is 31.2 Å². The SMILES string of the molecule is O=S(=O)(O)O.O=S1(=O)c2cc(Br)ccc2-c2ccc(Br)cc21.O=S1(=O)c2ccccc2-c2ccccc21.[B]=NS. The zero-order valence-corrected chi connectivity index (χ0v) is 26.4. The number of benzene rings is 4. The molecule has 0 aliphatic carbocycles. The normalized spacial score (nSPS) is 14.2. The van der Waals surface area contributed by atoms with Crippen LogP contribution in [-0.2, 0) is 30.1 Å². The second kappa shape index (κ2) is 12.8. The van der Waals surface area contributed by atoms with E-state index >= 15 is 0 Å². The average molecular weight is 746 g/mol. The Balaban J connectivity index is 0.000000176. The molecule has 2 aliphatic heterocycles. The Morgan fingerprint density at radius 1 is 0.625 bits per heavy atom. The second-order valence-electron chi connectivity index (χ2n) is 7.84. The summed E-state index contributed by atoms with van der Waals surface area (Å²) >= 11 is 9.80. The van der Waals surface area contributed by atoms with Crippen LogP contribution in [0.3, 0.4) is 0 Å². The molecular weight excluding hydrogens is 729 g/mol. The van der Waals surface area contributed by atoms with Crippen LogP contribution < -0.4 is 0 Å². The van der Waals surface area contributed by atoms with E-state index < -0.39 is 30.1 Å². The fourth-order valence-electron chi connectivity index (χ4n) is 3.97. The summed E-state index contributed by atoms with van der Waals surface area (Å²) in [7, 11) is -6.97. The molecular formula is C24H17BBr2NO8S4. The summed E-state index contributed by atoms with van der Waals surface area (Å²) in [5.74, 6) is 0. The van der Waals surface area contributed by atoms with Gasteiger partial charge in [0.2, 0.25) is 19.7 Å². The third-order valence-corrected chi connectivity index (χ3v) is 10.1. The molecule has 0 fully saturated rings. The van der Waals surface area contributed by atoms with Crippen LogP contribution in [-0.4, -0.2) is 42.0 Å². The van der Waals surface area contributed by atoms with Gasteiger partial charge in [-0.1, -0.05) is 80.4 Å². The summed E-state index contributed by atoms with van der Waals surface area (Å²) < 4.78 is 84.6. The van der Waals surface area contributed by atoms with Crippen LogP contribution >= 0.6 is 44.7 Å². The van der Waals surface area contributed by atoms with Crippen molar-refractivity contribution in [2.75, 3.05) is 0 Å². The maximum absolute atomic E-state index is 12.3. The molecule has 4 aromatic rings. The van der Waals surface area contributed by atoms with Crippen molar-refractivity contribution in [3.8, 4) is 22.3 Å². The number of thiol groups is 1. The van der Waals surface area contributed by atoms with Crippen molar-refractivity contribution in [1.82, 2.24) is 0 Å². The molecule has 0 spiro atoms. The van der Waals surface area contributed by atoms with Crippen molar-refractivity contribution in [2.45, 2.75) is 19.6 Å². The van der Waals surface area contributed by atoms with Crippen LogP contribution in [0.25, 0.3) is 22.3 Å². The van der Waals surface area contributed by atoms with Gasteiger partial charge in [0.05, 0.1) is 19.6 Å². The summed E-state index contributed by atoms with van der Waals surface area (Å²) in [6.45, 7) is 0. The standard InChI is InChI=1S/C12H6Br2O2S.C12H8O2S.BHNS.H2O4S/c13-7-1-3-9-10-4-2-8(14)6-12(10)17(15,16)11(9)5-7;13-15(14)11-7-3-1-5-9(11)10-6-2-4-8-12(10)15;1-2-3;1-5(2,3)4/h1-6H;1-8H;3H;(H2,1,2,3,4). The van der Waals surface area contributed by atoms with Crippen LogP contribution in [0.1, 0.15) is 0 Å². The van der Waals surface area contributed by atoms with Gasteiger partial charge in [-0.2, -0.15) is 8.42 Å². The Hall–Kier alpha value is -2.18. The van der Waals surface area contributed by atoms with E-state index in [4.69, 9.17) is 17.5 Å². The Labute approximate surface area is 255 Å². The van der Waals surface area contributed by atoms with Crippen molar-refractivity contribution in [2.24, 2.45) is 4.30 Å². The van der Waals surface area contributed by atoms with Crippen molar-refractivity contribution < 1.29 is 34.4 Å². The van der Waals surface area contributed by atoms with E-state index in [-0.39, 0.29) is 0 Å². The molecule has 0 amide bonds. The van der Waals surface area contributed by atoms with E-state index in [1.54, 1.807) is 36.4 Å². The molecule has 0 bridgehead atoms. The van der Waals surface area contributed by atoms with Crippen LogP contribution in [0.15, 0.2) is 118 Å². The van der Waals surface area contributed by atoms with E-state index in [9.17, 15) is 16.8 Å². The molecule has 16 heteroatoms. The summed E-state index contributed by atoms with van der Waals surface area (Å²) in [5, 5.41) is 0. The Morgan fingerprint density at radius 2 is 0.900 bits per heavy atom. The molecule has 2 N–H and O–H groups in total. The van der Waals surface area contributed by atoms with Gasteiger partial charge in [-0.25, -0.2) is 16.8 Å². The molecule has 4 aromatic carbocycles. The zero-order valence-electron chi connectivity index (χ0n) is 19.9. The fraction of sp³-hybridized carbons (Fsp3) is 0. The molecule has 0 saturated carbocycles. The average Bonchev–Trinajstić information content (AvgIpc) is 3.24. The van der Waals surface area contributed by atoms with Gasteiger partial charge in [-0.15, -0.1) is 0 Å². The summed E-state index contributed by atoms with van der Waals surface area (Å²) in [6, 6.07) is 24.9. The summed E-state index contributed by atoms with van der Waals surface area (Å²) in [6.07, 6.45) is 0. The number of nitrogens with zero attached hydrogens (tertiary/aromatic N) is 1. The fourth-order valence-corrected chi connectivity index (χ4v) is 8.41. The molecule has 6 rings (SSSR count). The molecule has 2 heterocycles. The third kappa shape index (κ3) is 7.17. The monoisotopic (exact) mass is 744 g/mol. The van der Waals surface area contributed by atoms with Crippen molar-refractivity contribution in [3.63, 3.8) is 0 Å². The number of fused-ring (bicyclic) bond motifs is 6. The molecule has 0 unspecified atom stereocenters. The van der Waals surface area contributed by atoms with Gasteiger partial charge in [-0.05, 0) is 36.4 Å². The molecule has 2 aliphatic rings. The van der Waals surface area contributed by atoms with Crippen LogP contribution in [0.4, 0.5) is 0 Å². The molecule has 1 radical (unpaired) electrons. The molecule has 40 heavy (non-hydrogen) atoms. The number of rotatable bonds is 0. The quantitative estimate of drug-likeness (QED) is 0.0964. The van der Waals surface area contributed by atoms with Gasteiger partial charge in [0.15, 0.2) is 0 Å². The second-order valence-corrected chi connectivity index (χ2v) is 14.6. The van der Waals surface area contributed by atoms with E-state index in [2.05, 4.69) is 56.6 Å². The van der Waals surface area contributed by atoms with Gasteiger partial charge in [-0.3, -0.25) is 9.11 Å². The Bertz CT molecular complexity index is 1820. The topological polar surface area (TPSA) is 155 Å². The maximum atomic E-state index is 12.3. The van der Waals surface area contributed by atoms with E-state index in [0.29, 0.717) is 19.6 Å². The van der Waals surface area contributed by atoms with Crippen molar-refractivity contribution >= 4 is 82.4 Å². The molecule has 9 nitrogen and oxygen atoms in total. The van der Waals surface area contributed by atoms with Gasteiger partial charge >= 0.3 is 35.2 Å². The molecule has 207 valence electrons. The van der Waals surface area contributed by atoms with Gasteiger partial charge < -0.3 is 0 Å². The van der Waals surface area contributed by atoms with Gasteiger partial charge in [0, 0.05) is 31.2 Å². The molecule has 0 aromatic heterocycles. The first kappa shape index (κ1) is 32.3. The number of hydrogen-bond acceptors (Lipinski definition) is 8. The molecule has 0 saturated heterocycles.